The molecule has 1 unspecified atom stereocenters. The molecular weight excluding hydrogens is 368 g/mol. The summed E-state index contributed by atoms with van der Waals surface area (Å²) in [5, 5.41) is 13.6. The minimum Gasteiger partial charge on any atom is -0.506 e. The summed E-state index contributed by atoms with van der Waals surface area (Å²) in [6.45, 7) is 4.70. The smallest absolute Gasteiger partial charge is 0.243 e. The van der Waals surface area contributed by atoms with Gasteiger partial charge >= 0.3 is 0 Å². The minimum atomic E-state index is -3.86. The van der Waals surface area contributed by atoms with Crippen molar-refractivity contribution in [2.45, 2.75) is 37.3 Å². The molecule has 2 aromatic carbocycles. The van der Waals surface area contributed by atoms with E-state index in [2.05, 4.69) is 10.6 Å². The van der Waals surface area contributed by atoms with E-state index in [4.69, 9.17) is 0 Å². The zero-order chi connectivity index (χ0) is 20.2. The van der Waals surface area contributed by atoms with E-state index in [0.717, 1.165) is 5.56 Å². The quantitative estimate of drug-likeness (QED) is 0.657. The summed E-state index contributed by atoms with van der Waals surface area (Å²) < 4.78 is 25.7. The van der Waals surface area contributed by atoms with E-state index < -0.39 is 21.0 Å². The van der Waals surface area contributed by atoms with Crippen LogP contribution in [0.25, 0.3) is 0 Å². The largest absolute Gasteiger partial charge is 0.506 e. The average Bonchev–Trinajstić information content (AvgIpc) is 2.57. The monoisotopic (exact) mass is 390 g/mol. The molecule has 0 aliphatic rings. The van der Waals surface area contributed by atoms with Gasteiger partial charge in [0.25, 0.3) is 0 Å². The molecular formula is C19H22N2O5S. The van der Waals surface area contributed by atoms with E-state index in [0.29, 0.717) is 0 Å². The van der Waals surface area contributed by atoms with Gasteiger partial charge in [0.05, 0.1) is 10.6 Å². The number of hydrogen-bond donors (Lipinski definition) is 3. The number of hydrogen-bond acceptors (Lipinski definition) is 5. The van der Waals surface area contributed by atoms with Gasteiger partial charge in [-0.15, -0.1) is 0 Å². The molecule has 0 aromatic heterocycles. The number of rotatable bonds is 6. The number of carbonyl (C=O) groups is 2. The second kappa shape index (κ2) is 8.22. The van der Waals surface area contributed by atoms with Crippen LogP contribution < -0.4 is 10.6 Å². The highest BCUT2D eigenvalue weighted by atomic mass is 32.2. The summed E-state index contributed by atoms with van der Waals surface area (Å²) in [4.78, 5) is 23.7. The van der Waals surface area contributed by atoms with Crippen molar-refractivity contribution in [3.05, 3.63) is 48.0 Å². The van der Waals surface area contributed by atoms with Gasteiger partial charge in [-0.2, -0.15) is 0 Å². The molecule has 0 spiro atoms. The lowest BCUT2D eigenvalue weighted by molar-refractivity contribution is -0.116. The topological polar surface area (TPSA) is 113 Å². The summed E-state index contributed by atoms with van der Waals surface area (Å²) in [5.41, 5.74) is 1.20. The van der Waals surface area contributed by atoms with Crippen LogP contribution in [0.2, 0.25) is 0 Å². The number of amides is 2. The van der Waals surface area contributed by atoms with E-state index in [1.165, 1.54) is 37.3 Å². The highest BCUT2D eigenvalue weighted by molar-refractivity contribution is 7.92. The molecule has 27 heavy (non-hydrogen) atoms. The van der Waals surface area contributed by atoms with Crippen molar-refractivity contribution in [3.8, 4) is 5.75 Å². The Bertz CT molecular complexity index is 970. The van der Waals surface area contributed by atoms with Crippen molar-refractivity contribution in [2.75, 3.05) is 10.6 Å². The van der Waals surface area contributed by atoms with Gasteiger partial charge in [-0.25, -0.2) is 8.42 Å². The average molecular weight is 390 g/mol. The van der Waals surface area contributed by atoms with Crippen molar-refractivity contribution in [2.24, 2.45) is 0 Å². The zero-order valence-corrected chi connectivity index (χ0v) is 16.1. The fraction of sp³-hybridized carbons (Fsp3) is 0.263. The lowest BCUT2D eigenvalue weighted by atomic mass is 10.2. The molecule has 3 N–H and O–H groups in total. The fourth-order valence-electron chi connectivity index (χ4n) is 2.63. The summed E-state index contributed by atoms with van der Waals surface area (Å²) >= 11 is 0. The molecule has 2 aromatic rings. The number of carbonyl (C=O) groups excluding carboxylic acids is 2. The fourth-order valence-corrected chi connectivity index (χ4v) is 4.36. The van der Waals surface area contributed by atoms with E-state index in [-0.39, 0.29) is 34.3 Å². The summed E-state index contributed by atoms with van der Waals surface area (Å²) in [7, 11) is -3.86. The molecule has 0 radical (unpaired) electrons. The van der Waals surface area contributed by atoms with Gasteiger partial charge in [0.2, 0.25) is 11.8 Å². The van der Waals surface area contributed by atoms with Crippen LogP contribution in [-0.4, -0.2) is 30.6 Å². The summed E-state index contributed by atoms with van der Waals surface area (Å²) in [5.74, 6) is -1.28. The maximum Gasteiger partial charge on any atom is 0.243 e. The highest BCUT2D eigenvalue weighted by Gasteiger charge is 2.32. The summed E-state index contributed by atoms with van der Waals surface area (Å²) in [6.07, 6.45) is 0.0953. The maximum absolute atomic E-state index is 12.8. The van der Waals surface area contributed by atoms with Crippen LogP contribution in [-0.2, 0) is 19.4 Å². The van der Waals surface area contributed by atoms with Crippen molar-refractivity contribution in [3.63, 3.8) is 0 Å². The number of nitrogens with one attached hydrogen (secondary N) is 2. The molecule has 8 heteroatoms. The van der Waals surface area contributed by atoms with E-state index in [1.54, 1.807) is 26.0 Å². The molecule has 0 aliphatic carbocycles. The normalized spacial score (nSPS) is 12.3. The van der Waals surface area contributed by atoms with Crippen molar-refractivity contribution >= 4 is 33.0 Å². The number of anilines is 2. The lowest BCUT2D eigenvalue weighted by Gasteiger charge is -2.17. The van der Waals surface area contributed by atoms with E-state index in [9.17, 15) is 23.1 Å². The number of sulfone groups is 1. The first-order valence-corrected chi connectivity index (χ1v) is 9.91. The van der Waals surface area contributed by atoms with Crippen molar-refractivity contribution in [1.29, 1.82) is 0 Å². The summed E-state index contributed by atoms with van der Waals surface area (Å²) in [6, 6.07) is 10.5. The third-order valence-electron chi connectivity index (χ3n) is 3.93. The Labute approximate surface area is 158 Å². The third kappa shape index (κ3) is 4.85. The van der Waals surface area contributed by atoms with Crippen LogP contribution in [0.1, 0.15) is 25.8 Å². The molecule has 0 aliphatic heterocycles. The van der Waals surface area contributed by atoms with Crippen LogP contribution in [0.5, 0.6) is 5.75 Å². The predicted molar refractivity (Wildman–Crippen MR) is 103 cm³/mol. The number of phenolic OH excluding ortho intramolecular Hbond substituents is 1. The molecule has 2 amide bonds. The van der Waals surface area contributed by atoms with Gasteiger partial charge in [-0.05, 0) is 43.2 Å². The van der Waals surface area contributed by atoms with Gasteiger partial charge < -0.3 is 15.7 Å². The molecule has 7 nitrogen and oxygen atoms in total. The number of phenols is 1. The third-order valence-corrected chi connectivity index (χ3v) is 6.14. The Morgan fingerprint density at radius 1 is 1.11 bits per heavy atom. The first-order valence-electron chi connectivity index (χ1n) is 8.37. The zero-order valence-electron chi connectivity index (χ0n) is 15.3. The SMILES string of the molecule is CCC(C(=O)Nc1ccc(NC(C)=O)c(O)c1)S(=O)(=O)c1cccc(C)c1. The Kier molecular flexibility index (Phi) is 6.22. The van der Waals surface area contributed by atoms with Gasteiger partial charge in [0.1, 0.15) is 11.0 Å². The molecule has 2 rings (SSSR count). The Morgan fingerprint density at radius 3 is 2.37 bits per heavy atom. The molecule has 0 saturated carbocycles. The predicted octanol–water partition coefficient (Wildman–Crippen LogP) is 2.85. The van der Waals surface area contributed by atoms with Crippen molar-refractivity contribution in [1.82, 2.24) is 0 Å². The van der Waals surface area contributed by atoms with E-state index in [1.807, 2.05) is 0 Å². The second-order valence-electron chi connectivity index (χ2n) is 6.16. The molecule has 1 atom stereocenters. The van der Waals surface area contributed by atoms with Crippen LogP contribution in [0.3, 0.4) is 0 Å². The lowest BCUT2D eigenvalue weighted by Crippen LogP contribution is -2.34. The number of benzene rings is 2. The molecule has 144 valence electrons. The first-order chi connectivity index (χ1) is 12.6. The van der Waals surface area contributed by atoms with E-state index >= 15 is 0 Å². The van der Waals surface area contributed by atoms with Crippen LogP contribution in [0.15, 0.2) is 47.4 Å². The molecule has 0 saturated heterocycles. The molecule has 0 heterocycles. The standard InChI is InChI=1S/C19H22N2O5S/c1-4-18(27(25,26)15-7-5-6-12(2)10-15)19(24)21-14-8-9-16(17(23)11-14)20-13(3)22/h5-11,18,23H,4H2,1-3H3,(H,20,22)(H,21,24). The maximum atomic E-state index is 12.8. The van der Waals surface area contributed by atoms with Crippen LogP contribution in [0.4, 0.5) is 11.4 Å². The molecule has 0 bridgehead atoms. The minimum absolute atomic E-state index is 0.0911. The van der Waals surface area contributed by atoms with Crippen LogP contribution >= 0.6 is 0 Å². The molecule has 0 fully saturated rings. The van der Waals surface area contributed by atoms with Crippen LogP contribution in [0, 0.1) is 6.92 Å². The Morgan fingerprint density at radius 2 is 1.81 bits per heavy atom. The Hall–Kier alpha value is -2.87. The number of aromatic hydroxyl groups is 1. The first kappa shape index (κ1) is 20.4. The second-order valence-corrected chi connectivity index (χ2v) is 8.29. The van der Waals surface area contributed by atoms with Gasteiger partial charge in [0.15, 0.2) is 9.84 Å². The van der Waals surface area contributed by atoms with Crippen molar-refractivity contribution < 1.29 is 23.1 Å². The number of aryl methyl sites for hydroxylation is 1. The van der Waals surface area contributed by atoms with Gasteiger partial charge in [-0.3, -0.25) is 9.59 Å². The van der Waals surface area contributed by atoms with Gasteiger partial charge in [0, 0.05) is 18.7 Å². The Balaban J connectivity index is 2.25. The van der Waals surface area contributed by atoms with Gasteiger partial charge in [-0.1, -0.05) is 19.1 Å². The highest BCUT2D eigenvalue weighted by Crippen LogP contribution is 2.27.